The minimum atomic E-state index is -0.303. The molecule has 0 atom stereocenters. The van der Waals surface area contributed by atoms with Crippen molar-refractivity contribution in [1.82, 2.24) is 4.98 Å². The predicted octanol–water partition coefficient (Wildman–Crippen LogP) is 1.87. The second-order valence-electron chi connectivity index (χ2n) is 2.76. The van der Waals surface area contributed by atoms with Crippen LogP contribution in [0.2, 0.25) is 0 Å². The molecule has 2 heterocycles. The van der Waals surface area contributed by atoms with Gasteiger partial charge in [-0.1, -0.05) is 6.07 Å². The summed E-state index contributed by atoms with van der Waals surface area (Å²) in [5.41, 5.74) is 1.65. The van der Waals surface area contributed by atoms with Crippen LogP contribution in [0.1, 0.15) is 17.7 Å². The molecule has 13 heavy (non-hydrogen) atoms. The molecule has 1 aliphatic heterocycles. The van der Waals surface area contributed by atoms with Gasteiger partial charge in [-0.25, -0.2) is 0 Å². The molecule has 1 aliphatic rings. The van der Waals surface area contributed by atoms with Crippen LogP contribution in [0, 0.1) is 0 Å². The number of nitrogens with zero attached hydrogens (tertiary/aromatic N) is 1. The van der Waals surface area contributed by atoms with Gasteiger partial charge in [0.25, 0.3) is 0 Å². The second-order valence-corrected chi connectivity index (χ2v) is 3.03. The van der Waals surface area contributed by atoms with E-state index < -0.39 is 0 Å². The Labute approximate surface area is 81.6 Å². The summed E-state index contributed by atoms with van der Waals surface area (Å²) in [6, 6.07) is 5.67. The van der Waals surface area contributed by atoms with Gasteiger partial charge in [-0.05, 0) is 12.1 Å². The Morgan fingerprint density at radius 1 is 1.38 bits per heavy atom. The monoisotopic (exact) mass is 199 g/mol. The first-order chi connectivity index (χ1) is 6.40. The molecule has 1 saturated heterocycles. The summed E-state index contributed by atoms with van der Waals surface area (Å²) in [5.74, 6) is 0.417. The molecule has 3 nitrogen and oxygen atoms in total. The maximum atomic E-state index is 5.66. The Morgan fingerprint density at radius 3 is 2.85 bits per heavy atom. The molecule has 0 saturated carbocycles. The van der Waals surface area contributed by atoms with E-state index in [9.17, 15) is 0 Å². The van der Waals surface area contributed by atoms with Crippen molar-refractivity contribution in [3.05, 3.63) is 29.6 Å². The van der Waals surface area contributed by atoms with Gasteiger partial charge >= 0.3 is 0 Å². The molecule has 0 bridgehead atoms. The van der Waals surface area contributed by atoms with E-state index in [1.807, 2.05) is 18.2 Å². The maximum absolute atomic E-state index is 5.66. The number of ether oxygens (including phenoxy) is 2. The van der Waals surface area contributed by atoms with E-state index in [0.29, 0.717) is 19.1 Å². The number of rotatable bonds is 2. The van der Waals surface area contributed by atoms with E-state index in [2.05, 4.69) is 4.98 Å². The highest BCUT2D eigenvalue weighted by Crippen LogP contribution is 2.21. The van der Waals surface area contributed by atoms with Crippen LogP contribution in [0.15, 0.2) is 18.2 Å². The first-order valence-corrected chi connectivity index (χ1v) is 4.68. The molecule has 1 fully saturated rings. The van der Waals surface area contributed by atoms with Gasteiger partial charge in [0.15, 0.2) is 0 Å². The van der Waals surface area contributed by atoms with E-state index in [1.54, 1.807) is 0 Å². The molecule has 0 radical (unpaired) electrons. The number of hydrogen-bond acceptors (Lipinski definition) is 3. The quantitative estimate of drug-likeness (QED) is 0.682. The molecular weight excluding hydrogens is 190 g/mol. The Hall–Kier alpha value is -0.640. The number of aromatic nitrogens is 1. The standard InChI is InChI=1S/C9H10ClNO2/c10-6-7-2-1-3-8(11-7)9-12-4-5-13-9/h1-3,9H,4-6H2. The van der Waals surface area contributed by atoms with Crippen LogP contribution < -0.4 is 0 Å². The van der Waals surface area contributed by atoms with Crippen molar-refractivity contribution in [1.29, 1.82) is 0 Å². The fraction of sp³-hybridized carbons (Fsp3) is 0.444. The lowest BCUT2D eigenvalue weighted by atomic mass is 10.3. The van der Waals surface area contributed by atoms with Crippen molar-refractivity contribution < 1.29 is 9.47 Å². The third kappa shape index (κ3) is 1.99. The first-order valence-electron chi connectivity index (χ1n) is 4.15. The number of hydrogen-bond donors (Lipinski definition) is 0. The van der Waals surface area contributed by atoms with Crippen LogP contribution >= 0.6 is 11.6 Å². The van der Waals surface area contributed by atoms with E-state index >= 15 is 0 Å². The van der Waals surface area contributed by atoms with Gasteiger partial charge in [0, 0.05) is 0 Å². The molecule has 4 heteroatoms. The fourth-order valence-corrected chi connectivity index (χ4v) is 1.38. The lowest BCUT2D eigenvalue weighted by Gasteiger charge is -2.08. The number of pyridine rings is 1. The Morgan fingerprint density at radius 2 is 2.15 bits per heavy atom. The summed E-state index contributed by atoms with van der Waals surface area (Å²) in [6.45, 7) is 1.27. The summed E-state index contributed by atoms with van der Waals surface area (Å²) in [4.78, 5) is 4.29. The van der Waals surface area contributed by atoms with E-state index in [0.717, 1.165) is 11.4 Å². The highest BCUT2D eigenvalue weighted by Gasteiger charge is 2.19. The summed E-state index contributed by atoms with van der Waals surface area (Å²) in [7, 11) is 0. The van der Waals surface area contributed by atoms with Gasteiger partial charge in [-0.2, -0.15) is 0 Å². The number of alkyl halides is 1. The summed E-state index contributed by atoms with van der Waals surface area (Å²) in [6.07, 6.45) is -0.303. The molecule has 1 aromatic rings. The van der Waals surface area contributed by atoms with Gasteiger partial charge in [0.05, 0.1) is 30.5 Å². The van der Waals surface area contributed by atoms with Gasteiger partial charge in [0.1, 0.15) is 0 Å². The molecule has 0 aromatic carbocycles. The molecule has 0 amide bonds. The molecule has 0 aliphatic carbocycles. The van der Waals surface area contributed by atoms with E-state index in [1.165, 1.54) is 0 Å². The van der Waals surface area contributed by atoms with E-state index in [-0.39, 0.29) is 6.29 Å². The van der Waals surface area contributed by atoms with Crippen molar-refractivity contribution >= 4 is 11.6 Å². The normalized spacial score (nSPS) is 17.9. The molecule has 0 spiro atoms. The molecule has 2 rings (SSSR count). The molecule has 0 unspecified atom stereocenters. The van der Waals surface area contributed by atoms with Crippen molar-refractivity contribution in [2.45, 2.75) is 12.2 Å². The van der Waals surface area contributed by atoms with Crippen LogP contribution in [-0.2, 0) is 15.4 Å². The Kier molecular flexibility index (Phi) is 2.78. The fourth-order valence-electron chi connectivity index (χ4n) is 1.23. The minimum absolute atomic E-state index is 0.303. The summed E-state index contributed by atoms with van der Waals surface area (Å²) >= 11 is 5.66. The molecule has 1 aromatic heterocycles. The SMILES string of the molecule is ClCc1cccc(C2OCCO2)n1. The Balaban J connectivity index is 2.18. The lowest BCUT2D eigenvalue weighted by molar-refractivity contribution is -0.0473. The number of halogens is 1. The van der Waals surface area contributed by atoms with Crippen molar-refractivity contribution in [3.8, 4) is 0 Å². The highest BCUT2D eigenvalue weighted by molar-refractivity contribution is 6.16. The highest BCUT2D eigenvalue weighted by atomic mass is 35.5. The molecular formula is C9H10ClNO2. The average molecular weight is 200 g/mol. The van der Waals surface area contributed by atoms with Gasteiger partial charge < -0.3 is 9.47 Å². The Bertz CT molecular complexity index is 287. The zero-order chi connectivity index (χ0) is 9.10. The predicted molar refractivity (Wildman–Crippen MR) is 48.4 cm³/mol. The van der Waals surface area contributed by atoms with E-state index in [4.69, 9.17) is 21.1 Å². The maximum Gasteiger partial charge on any atom is 0.201 e. The largest absolute Gasteiger partial charge is 0.345 e. The van der Waals surface area contributed by atoms with Crippen LogP contribution in [0.5, 0.6) is 0 Å². The van der Waals surface area contributed by atoms with Crippen LogP contribution in [0.3, 0.4) is 0 Å². The zero-order valence-corrected chi connectivity index (χ0v) is 7.83. The molecule has 70 valence electrons. The van der Waals surface area contributed by atoms with Gasteiger partial charge in [-0.15, -0.1) is 11.6 Å². The van der Waals surface area contributed by atoms with Crippen LogP contribution in [0.25, 0.3) is 0 Å². The zero-order valence-electron chi connectivity index (χ0n) is 7.07. The third-order valence-corrected chi connectivity index (χ3v) is 2.10. The second kappa shape index (κ2) is 4.05. The smallest absolute Gasteiger partial charge is 0.201 e. The van der Waals surface area contributed by atoms with Crippen LogP contribution in [0.4, 0.5) is 0 Å². The van der Waals surface area contributed by atoms with Crippen LogP contribution in [-0.4, -0.2) is 18.2 Å². The van der Waals surface area contributed by atoms with Crippen molar-refractivity contribution in [3.63, 3.8) is 0 Å². The van der Waals surface area contributed by atoms with Gasteiger partial charge in [0.2, 0.25) is 6.29 Å². The average Bonchev–Trinajstić information content (AvgIpc) is 2.71. The summed E-state index contributed by atoms with van der Waals surface area (Å²) < 4.78 is 10.6. The van der Waals surface area contributed by atoms with Crippen molar-refractivity contribution in [2.24, 2.45) is 0 Å². The molecule has 0 N–H and O–H groups in total. The van der Waals surface area contributed by atoms with Crippen molar-refractivity contribution in [2.75, 3.05) is 13.2 Å². The minimum Gasteiger partial charge on any atom is -0.345 e. The topological polar surface area (TPSA) is 31.4 Å². The third-order valence-electron chi connectivity index (χ3n) is 1.83. The lowest BCUT2D eigenvalue weighted by Crippen LogP contribution is -2.02. The summed E-state index contributed by atoms with van der Waals surface area (Å²) in [5, 5.41) is 0. The first kappa shape index (κ1) is 8.94. The van der Waals surface area contributed by atoms with Gasteiger partial charge in [-0.3, -0.25) is 4.98 Å².